The summed E-state index contributed by atoms with van der Waals surface area (Å²) in [5.74, 6) is -0.352. The highest BCUT2D eigenvalue weighted by molar-refractivity contribution is 6.00. The smallest absolute Gasteiger partial charge is 0.289 e. The van der Waals surface area contributed by atoms with Crippen LogP contribution in [0.2, 0.25) is 0 Å². The fourth-order valence-electron chi connectivity index (χ4n) is 2.92. The van der Waals surface area contributed by atoms with E-state index in [-0.39, 0.29) is 5.91 Å². The zero-order chi connectivity index (χ0) is 19.5. The van der Waals surface area contributed by atoms with E-state index in [0.717, 1.165) is 21.9 Å². The van der Waals surface area contributed by atoms with Gasteiger partial charge in [-0.3, -0.25) is 9.89 Å². The topological polar surface area (TPSA) is 96.2 Å². The number of nitrogens with zero attached hydrogens (tertiary/aromatic N) is 2. The van der Waals surface area contributed by atoms with Gasteiger partial charge in [-0.2, -0.15) is 10.2 Å². The Morgan fingerprint density at radius 3 is 2.54 bits per heavy atom. The number of fused-ring (bicyclic) bond motifs is 1. The molecule has 138 valence electrons. The molecule has 28 heavy (non-hydrogen) atoms. The van der Waals surface area contributed by atoms with Crippen molar-refractivity contribution in [3.05, 3.63) is 84.1 Å². The molecule has 0 aliphatic rings. The molecular weight excluding hydrogens is 350 g/mol. The van der Waals surface area contributed by atoms with Crippen LogP contribution >= 0.6 is 0 Å². The summed E-state index contributed by atoms with van der Waals surface area (Å²) in [5.41, 5.74) is 12.5. The molecule has 0 fully saturated rings. The molecule has 4 N–H and O–H groups in total. The Bertz CT molecular complexity index is 1170. The van der Waals surface area contributed by atoms with Crippen LogP contribution in [0.1, 0.15) is 23.0 Å². The number of anilines is 1. The lowest BCUT2D eigenvalue weighted by molar-refractivity contribution is 0.0950. The van der Waals surface area contributed by atoms with Gasteiger partial charge in [-0.25, -0.2) is 5.43 Å². The number of H-pyrrole nitrogens is 1. The molecule has 0 aliphatic carbocycles. The maximum Gasteiger partial charge on any atom is 0.289 e. The number of carbonyl (C=O) groups excluding carboxylic acids is 1. The van der Waals surface area contributed by atoms with Crippen LogP contribution in [0.5, 0.6) is 0 Å². The lowest BCUT2D eigenvalue weighted by Gasteiger charge is -2.02. The summed E-state index contributed by atoms with van der Waals surface area (Å²) < 4.78 is 0. The van der Waals surface area contributed by atoms with E-state index in [0.29, 0.717) is 22.8 Å². The van der Waals surface area contributed by atoms with E-state index in [9.17, 15) is 4.79 Å². The average molecular weight is 369 g/mol. The lowest BCUT2D eigenvalue weighted by Crippen LogP contribution is -2.19. The van der Waals surface area contributed by atoms with Gasteiger partial charge in [0.2, 0.25) is 0 Å². The van der Waals surface area contributed by atoms with Crippen LogP contribution in [0.4, 0.5) is 5.69 Å². The number of benzene rings is 3. The summed E-state index contributed by atoms with van der Waals surface area (Å²) >= 11 is 0. The van der Waals surface area contributed by atoms with Crippen molar-refractivity contribution in [3.8, 4) is 11.3 Å². The van der Waals surface area contributed by atoms with Crippen molar-refractivity contribution in [3.63, 3.8) is 0 Å². The summed E-state index contributed by atoms with van der Waals surface area (Å²) in [6.07, 6.45) is 0. The van der Waals surface area contributed by atoms with Crippen LogP contribution in [0, 0.1) is 0 Å². The number of hydrogen-bond donors (Lipinski definition) is 3. The number of hydrogen-bond acceptors (Lipinski definition) is 4. The third-order valence-corrected chi connectivity index (χ3v) is 4.52. The Morgan fingerprint density at radius 1 is 1.00 bits per heavy atom. The van der Waals surface area contributed by atoms with E-state index < -0.39 is 0 Å². The minimum atomic E-state index is -0.352. The predicted octanol–water partition coefficient (Wildman–Crippen LogP) is 3.97. The first kappa shape index (κ1) is 17.5. The van der Waals surface area contributed by atoms with E-state index in [1.165, 1.54) is 0 Å². The summed E-state index contributed by atoms with van der Waals surface area (Å²) in [7, 11) is 0. The third-order valence-electron chi connectivity index (χ3n) is 4.52. The van der Waals surface area contributed by atoms with E-state index in [4.69, 9.17) is 5.73 Å². The number of amides is 1. The molecule has 0 spiro atoms. The molecule has 0 unspecified atom stereocenters. The molecule has 0 atom stereocenters. The first-order chi connectivity index (χ1) is 13.6. The Balaban J connectivity index is 1.50. The predicted molar refractivity (Wildman–Crippen MR) is 112 cm³/mol. The van der Waals surface area contributed by atoms with Crippen molar-refractivity contribution in [2.45, 2.75) is 6.92 Å². The van der Waals surface area contributed by atoms with E-state index in [1.54, 1.807) is 18.2 Å². The minimum Gasteiger partial charge on any atom is -0.399 e. The van der Waals surface area contributed by atoms with E-state index >= 15 is 0 Å². The van der Waals surface area contributed by atoms with Crippen molar-refractivity contribution in [1.29, 1.82) is 0 Å². The summed E-state index contributed by atoms with van der Waals surface area (Å²) in [6, 6.07) is 23.2. The highest BCUT2D eigenvalue weighted by Crippen LogP contribution is 2.23. The largest absolute Gasteiger partial charge is 0.399 e. The fraction of sp³-hybridized carbons (Fsp3) is 0.0455. The molecule has 4 aromatic rings. The van der Waals surface area contributed by atoms with Gasteiger partial charge in [0.15, 0.2) is 0 Å². The molecule has 3 aromatic carbocycles. The lowest BCUT2D eigenvalue weighted by atomic mass is 10.1. The second kappa shape index (κ2) is 7.36. The number of nitrogens with two attached hydrogens (primary N) is 1. The highest BCUT2D eigenvalue weighted by atomic mass is 16.2. The monoisotopic (exact) mass is 369 g/mol. The molecule has 0 bridgehead atoms. The Hall–Kier alpha value is -3.93. The molecule has 0 saturated carbocycles. The number of nitrogen functional groups attached to an aromatic ring is 1. The second-order valence-electron chi connectivity index (χ2n) is 6.49. The molecule has 1 heterocycles. The van der Waals surface area contributed by atoms with Crippen LogP contribution in [-0.4, -0.2) is 21.8 Å². The van der Waals surface area contributed by atoms with Gasteiger partial charge in [0.05, 0.1) is 11.4 Å². The Kier molecular flexibility index (Phi) is 4.60. The molecule has 1 amide bonds. The van der Waals surface area contributed by atoms with Crippen molar-refractivity contribution >= 4 is 28.1 Å². The number of hydrazone groups is 1. The van der Waals surface area contributed by atoms with Crippen molar-refractivity contribution in [1.82, 2.24) is 15.6 Å². The SMILES string of the molecule is C/C(=N/NC(=O)c1cc(-c2ccc3ccccc3c2)n[nH]1)c1ccc(N)cc1. The van der Waals surface area contributed by atoms with Gasteiger partial charge < -0.3 is 5.73 Å². The highest BCUT2D eigenvalue weighted by Gasteiger charge is 2.11. The normalized spacial score (nSPS) is 11.5. The molecule has 0 radical (unpaired) electrons. The van der Waals surface area contributed by atoms with Gasteiger partial charge in [-0.15, -0.1) is 0 Å². The fourth-order valence-corrected chi connectivity index (χ4v) is 2.92. The Morgan fingerprint density at radius 2 is 1.75 bits per heavy atom. The van der Waals surface area contributed by atoms with Crippen LogP contribution in [0.25, 0.3) is 22.0 Å². The zero-order valence-corrected chi connectivity index (χ0v) is 15.3. The molecule has 6 nitrogen and oxygen atoms in total. The number of carbonyl (C=O) groups is 1. The number of aromatic nitrogens is 2. The maximum atomic E-state index is 12.4. The Labute approximate surface area is 162 Å². The van der Waals surface area contributed by atoms with Crippen LogP contribution < -0.4 is 11.2 Å². The first-order valence-electron chi connectivity index (χ1n) is 8.85. The summed E-state index contributed by atoms with van der Waals surface area (Å²) in [4.78, 5) is 12.4. The minimum absolute atomic E-state index is 0.344. The first-order valence-corrected chi connectivity index (χ1v) is 8.85. The summed E-state index contributed by atoms with van der Waals surface area (Å²) in [6.45, 7) is 1.82. The van der Waals surface area contributed by atoms with Crippen LogP contribution in [0.3, 0.4) is 0 Å². The van der Waals surface area contributed by atoms with Gasteiger partial charge in [0, 0.05) is 11.3 Å². The molecule has 6 heteroatoms. The third kappa shape index (κ3) is 3.61. The van der Waals surface area contributed by atoms with Crippen LogP contribution in [0.15, 0.2) is 77.9 Å². The van der Waals surface area contributed by atoms with E-state index in [2.05, 4.69) is 32.9 Å². The molecule has 0 saturated heterocycles. The number of aromatic amines is 1. The van der Waals surface area contributed by atoms with Crippen molar-refractivity contribution < 1.29 is 4.79 Å². The van der Waals surface area contributed by atoms with Gasteiger partial charge in [-0.1, -0.05) is 48.5 Å². The van der Waals surface area contributed by atoms with Crippen LogP contribution in [-0.2, 0) is 0 Å². The standard InChI is InChI=1S/C22H19N5O/c1-14(15-8-10-19(23)11-9-15)24-27-22(28)21-13-20(25-26-21)18-7-6-16-4-2-3-5-17(16)12-18/h2-13H,23H2,1H3,(H,25,26)(H,27,28)/b24-14-. The number of rotatable bonds is 4. The van der Waals surface area contributed by atoms with Crippen molar-refractivity contribution in [2.75, 3.05) is 5.73 Å². The molecule has 4 rings (SSSR count). The quantitative estimate of drug-likeness (QED) is 0.288. The van der Waals surface area contributed by atoms with E-state index in [1.807, 2.05) is 49.4 Å². The zero-order valence-electron chi connectivity index (χ0n) is 15.3. The molecule has 1 aromatic heterocycles. The summed E-state index contributed by atoms with van der Waals surface area (Å²) in [5, 5.41) is 13.5. The average Bonchev–Trinajstić information content (AvgIpc) is 3.22. The molecular formula is C22H19N5O. The van der Waals surface area contributed by atoms with Gasteiger partial charge in [0.25, 0.3) is 5.91 Å². The molecule has 0 aliphatic heterocycles. The van der Waals surface area contributed by atoms with Crippen molar-refractivity contribution in [2.24, 2.45) is 5.10 Å². The second-order valence-corrected chi connectivity index (χ2v) is 6.49. The van der Waals surface area contributed by atoms with Gasteiger partial charge >= 0.3 is 0 Å². The van der Waals surface area contributed by atoms with Gasteiger partial charge in [-0.05, 0) is 47.5 Å². The maximum absolute atomic E-state index is 12.4. The van der Waals surface area contributed by atoms with Gasteiger partial charge in [0.1, 0.15) is 5.69 Å². The number of nitrogens with one attached hydrogen (secondary N) is 2.